The van der Waals surface area contributed by atoms with Crippen molar-refractivity contribution in [2.75, 3.05) is 11.1 Å². The monoisotopic (exact) mass is 485 g/mol. The van der Waals surface area contributed by atoms with Crippen molar-refractivity contribution in [3.63, 3.8) is 0 Å². The molecule has 3 rings (SSSR count). The predicted molar refractivity (Wildman–Crippen MR) is 119 cm³/mol. The first-order chi connectivity index (χ1) is 14.7. The molecular formula is C22H24NNaO6S2. The molecule has 2 aromatic carbocycles. The summed E-state index contributed by atoms with van der Waals surface area (Å²) in [5.41, 5.74) is 4.69. The fourth-order valence-corrected chi connectivity index (χ4v) is 4.75. The van der Waals surface area contributed by atoms with Gasteiger partial charge < -0.3 is 10.6 Å². The van der Waals surface area contributed by atoms with Gasteiger partial charge in [-0.3, -0.25) is 9.59 Å². The molecular weight excluding hydrogens is 461 g/mol. The number of para-hydroxylation sites is 1. The van der Waals surface area contributed by atoms with Crippen LogP contribution in [-0.4, -0.2) is 18.7 Å². The van der Waals surface area contributed by atoms with Crippen molar-refractivity contribution in [2.45, 2.75) is 37.0 Å². The van der Waals surface area contributed by atoms with Crippen LogP contribution >= 0.6 is 12.0 Å². The van der Waals surface area contributed by atoms with Gasteiger partial charge in [0.2, 0.25) is 0 Å². The van der Waals surface area contributed by atoms with E-state index in [1.165, 1.54) is 0 Å². The van der Waals surface area contributed by atoms with Crippen LogP contribution in [0.2, 0.25) is 0 Å². The van der Waals surface area contributed by atoms with Crippen LogP contribution in [0.1, 0.15) is 37.8 Å². The third-order valence-corrected chi connectivity index (χ3v) is 6.62. The Morgan fingerprint density at radius 3 is 2.56 bits per heavy atom. The molecule has 0 spiro atoms. The van der Waals surface area contributed by atoms with Gasteiger partial charge in [0.25, 0.3) is 10.1 Å². The van der Waals surface area contributed by atoms with E-state index in [2.05, 4.69) is 28.5 Å². The van der Waals surface area contributed by atoms with E-state index in [9.17, 15) is 13.7 Å². The fourth-order valence-electron chi connectivity index (χ4n) is 3.84. The Balaban J connectivity index is 0.00000363. The molecule has 7 nitrogen and oxygen atoms in total. The van der Waals surface area contributed by atoms with Crippen LogP contribution in [0.25, 0.3) is 5.57 Å². The van der Waals surface area contributed by atoms with E-state index < -0.39 is 10.1 Å². The molecule has 0 heterocycles. The van der Waals surface area contributed by atoms with Gasteiger partial charge in [0.1, 0.15) is 0 Å². The maximum Gasteiger partial charge on any atom is 1.00 e. The van der Waals surface area contributed by atoms with E-state index in [4.69, 9.17) is 4.55 Å². The summed E-state index contributed by atoms with van der Waals surface area (Å²) in [5, 5.41) is 16.9. The second kappa shape index (κ2) is 11.8. The number of fused-ring (bicyclic) bond motifs is 1. The molecule has 2 N–H and O–H groups in total. The van der Waals surface area contributed by atoms with Gasteiger partial charge in [-0.25, -0.2) is 0 Å². The van der Waals surface area contributed by atoms with Gasteiger partial charge in [-0.1, -0.05) is 38.1 Å². The molecule has 0 bridgehead atoms. The molecule has 1 aliphatic rings. The maximum atomic E-state index is 11.2. The first-order valence-electron chi connectivity index (χ1n) is 9.67. The van der Waals surface area contributed by atoms with Gasteiger partial charge in [-0.05, 0) is 65.5 Å². The third-order valence-electron chi connectivity index (χ3n) is 5.25. The van der Waals surface area contributed by atoms with Gasteiger partial charge in [0.05, 0.1) is 17.8 Å². The molecule has 166 valence electrons. The van der Waals surface area contributed by atoms with Crippen LogP contribution in [0.4, 0.5) is 5.69 Å². The van der Waals surface area contributed by atoms with E-state index in [-0.39, 0.29) is 40.7 Å². The predicted octanol–water partition coefficient (Wildman–Crippen LogP) is 1.26. The van der Waals surface area contributed by atoms with Crippen molar-refractivity contribution in [1.29, 1.82) is 0 Å². The summed E-state index contributed by atoms with van der Waals surface area (Å²) in [7, 11) is -4.03. The van der Waals surface area contributed by atoms with Crippen molar-refractivity contribution in [1.82, 2.24) is 0 Å². The Hall–Kier alpha value is -1.14. The van der Waals surface area contributed by atoms with Gasteiger partial charge >= 0.3 is 29.6 Å². The van der Waals surface area contributed by atoms with Crippen molar-refractivity contribution in [2.24, 2.45) is 0 Å². The number of rotatable bonds is 10. The molecule has 0 atom stereocenters. The quantitative estimate of drug-likeness (QED) is 0.170. The minimum absolute atomic E-state index is 0. The van der Waals surface area contributed by atoms with Crippen molar-refractivity contribution >= 4 is 33.4 Å². The second-order valence-corrected chi connectivity index (χ2v) is 10.0. The number of anilines is 1. The number of hydrogen-bond acceptors (Lipinski definition) is 7. The molecule has 0 fully saturated rings. The normalized spacial score (nSPS) is 15.0. The van der Waals surface area contributed by atoms with Gasteiger partial charge in [-0.2, -0.15) is 12.8 Å². The minimum Gasteiger partial charge on any atom is -0.691 e. The zero-order chi connectivity index (χ0) is 22.5. The molecule has 0 saturated heterocycles. The SMILES string of the molecule is CC1(C)C(/C=C/Nc2ccccc2)=C(CCCS(=O)(=O)O)c2ccc(SOO[O-])cc21.[Na+]. The molecule has 0 amide bonds. The molecule has 32 heavy (non-hydrogen) atoms. The topological polar surface area (TPSA) is 108 Å². The number of benzene rings is 2. The minimum atomic E-state index is -4.03. The first kappa shape index (κ1) is 27.1. The van der Waals surface area contributed by atoms with Crippen LogP contribution in [0.3, 0.4) is 0 Å². The zero-order valence-electron chi connectivity index (χ0n) is 18.2. The van der Waals surface area contributed by atoms with Crippen LogP contribution in [-0.2, 0) is 24.9 Å². The van der Waals surface area contributed by atoms with Crippen molar-refractivity contribution < 1.29 is 57.2 Å². The van der Waals surface area contributed by atoms with Gasteiger partial charge in [-0.15, -0.1) is 0 Å². The summed E-state index contributed by atoms with van der Waals surface area (Å²) in [6, 6.07) is 15.4. The molecule has 1 aliphatic carbocycles. The molecule has 0 aliphatic heterocycles. The van der Waals surface area contributed by atoms with E-state index >= 15 is 0 Å². The van der Waals surface area contributed by atoms with E-state index in [0.29, 0.717) is 17.7 Å². The number of hydrogen-bond donors (Lipinski definition) is 2. The summed E-state index contributed by atoms with van der Waals surface area (Å²) >= 11 is 0.830. The van der Waals surface area contributed by atoms with E-state index in [1.54, 1.807) is 0 Å². The maximum absolute atomic E-state index is 11.2. The summed E-state index contributed by atoms with van der Waals surface area (Å²) in [4.78, 5) is 0.715. The Morgan fingerprint density at radius 2 is 1.91 bits per heavy atom. The smallest absolute Gasteiger partial charge is 0.691 e. The molecule has 2 aromatic rings. The van der Waals surface area contributed by atoms with Crippen LogP contribution in [0.5, 0.6) is 0 Å². The zero-order valence-corrected chi connectivity index (χ0v) is 21.8. The average Bonchev–Trinajstić information content (AvgIpc) is 2.93. The fraction of sp³-hybridized carbons (Fsp3) is 0.273. The van der Waals surface area contributed by atoms with Crippen LogP contribution in [0, 0.1) is 0 Å². The van der Waals surface area contributed by atoms with Crippen molar-refractivity contribution in [3.05, 3.63) is 77.5 Å². The Morgan fingerprint density at radius 1 is 1.19 bits per heavy atom. The van der Waals surface area contributed by atoms with Crippen LogP contribution in [0.15, 0.2) is 71.3 Å². The third kappa shape index (κ3) is 6.93. The Labute approximate surface area is 215 Å². The summed E-state index contributed by atoms with van der Waals surface area (Å²) in [6.45, 7) is 4.17. The summed E-state index contributed by atoms with van der Waals surface area (Å²) in [5.74, 6) is -0.297. The second-order valence-electron chi connectivity index (χ2n) is 7.68. The average molecular weight is 486 g/mol. The molecule has 0 saturated carbocycles. The molecule has 0 aromatic heterocycles. The Bertz CT molecular complexity index is 1080. The number of nitrogens with one attached hydrogen (secondary N) is 1. The van der Waals surface area contributed by atoms with Crippen molar-refractivity contribution in [3.8, 4) is 0 Å². The largest absolute Gasteiger partial charge is 1.00 e. The summed E-state index contributed by atoms with van der Waals surface area (Å²) in [6.07, 6.45) is 4.66. The van der Waals surface area contributed by atoms with E-state index in [1.807, 2.05) is 60.8 Å². The summed E-state index contributed by atoms with van der Waals surface area (Å²) < 4.78 is 36.0. The first-order valence-corrected chi connectivity index (χ1v) is 12.0. The molecule has 0 radical (unpaired) electrons. The van der Waals surface area contributed by atoms with Crippen LogP contribution < -0.4 is 40.1 Å². The molecule has 0 unspecified atom stereocenters. The number of allylic oxidation sites excluding steroid dienone is 3. The van der Waals surface area contributed by atoms with Gasteiger partial charge in [0, 0.05) is 22.2 Å². The molecule has 10 heteroatoms. The van der Waals surface area contributed by atoms with Gasteiger partial charge in [0.15, 0.2) is 0 Å². The van der Waals surface area contributed by atoms with E-state index in [0.717, 1.165) is 40.0 Å². The Kier molecular flexibility index (Phi) is 10.0. The standard InChI is InChI=1S/C22H25NO6S2.Na/c1-22(2)20(12-13-23-16-7-4-3-5-8-16)18(9-6-14-31(25,26)27)19-11-10-17(15-21(19)22)30-29-28-24;/h3-5,7-8,10-13,15,23-24H,6,9,14H2,1-2H3,(H,25,26,27);/q;+1/p-1/b13-12+;.